The summed E-state index contributed by atoms with van der Waals surface area (Å²) in [4.78, 5) is 15.2. The molecule has 0 radical (unpaired) electrons. The first kappa shape index (κ1) is 23.6. The van der Waals surface area contributed by atoms with Crippen LogP contribution in [0.1, 0.15) is 6.85 Å². The largest absolute Gasteiger partial charge is 0.308 e. The van der Waals surface area contributed by atoms with Crippen molar-refractivity contribution in [1.29, 1.82) is 0 Å². The Morgan fingerprint density at radius 3 is 1.61 bits per heavy atom. The molecular formula is C45H30N4. The molecule has 0 aliphatic rings. The Bertz CT molecular complexity index is 2810. The number of rotatable bonds is 6. The molecule has 7 aromatic carbocycles. The van der Waals surface area contributed by atoms with Gasteiger partial charge in [-0.1, -0.05) is 152 Å². The van der Waals surface area contributed by atoms with Crippen LogP contribution in [0.3, 0.4) is 0 Å². The first-order valence-electron chi connectivity index (χ1n) is 18.5. The summed E-state index contributed by atoms with van der Waals surface area (Å²) in [5.41, 5.74) is 7.59. The van der Waals surface area contributed by atoms with Gasteiger partial charge in [-0.25, -0.2) is 15.0 Å². The molecule has 0 unspecified atom stereocenters. The van der Waals surface area contributed by atoms with Gasteiger partial charge in [0, 0.05) is 27.5 Å². The van der Waals surface area contributed by atoms with Crippen LogP contribution in [0, 0.1) is 0 Å². The van der Waals surface area contributed by atoms with Crippen LogP contribution >= 0.6 is 0 Å². The van der Waals surface area contributed by atoms with Crippen molar-refractivity contribution in [2.75, 3.05) is 0 Å². The number of fused-ring (bicyclic) bond motifs is 3. The fourth-order valence-electron chi connectivity index (χ4n) is 6.45. The van der Waals surface area contributed by atoms with Gasteiger partial charge in [0.1, 0.15) is 0 Å². The Morgan fingerprint density at radius 1 is 0.388 bits per heavy atom. The Hall–Kier alpha value is -6.65. The van der Waals surface area contributed by atoms with Gasteiger partial charge < -0.3 is 4.57 Å². The van der Waals surface area contributed by atoms with Crippen molar-refractivity contribution in [1.82, 2.24) is 19.5 Å². The van der Waals surface area contributed by atoms with Crippen LogP contribution in [0.4, 0.5) is 0 Å². The third kappa shape index (κ3) is 5.26. The van der Waals surface area contributed by atoms with Crippen LogP contribution in [-0.4, -0.2) is 19.5 Å². The summed E-state index contributed by atoms with van der Waals surface area (Å²) in [7, 11) is 0. The molecule has 0 atom stereocenters. The highest BCUT2D eigenvalue weighted by molar-refractivity contribution is 6.09. The molecule has 0 fully saturated rings. The highest BCUT2D eigenvalue weighted by Gasteiger charge is 2.20. The average molecular weight is 632 g/mol. The minimum Gasteiger partial charge on any atom is -0.308 e. The standard InChI is InChI=1S/C45H30N4/c1-4-15-31(16-5-1)34-21-14-22-36(29-34)44-46-43(33-19-8-3-9-20-33)47-45(48-44)39-28-27-35(32-17-6-2-7-18-32)30-42(39)49-40-25-12-10-23-37(40)38-24-11-13-26-41(38)49/h1-30H/i2D,6D,7D,17D,18D. The molecule has 2 heterocycles. The molecule has 230 valence electrons. The lowest BCUT2D eigenvalue weighted by atomic mass is 10.0. The molecule has 0 spiro atoms. The van der Waals surface area contributed by atoms with Crippen molar-refractivity contribution in [3.8, 4) is 62.1 Å². The van der Waals surface area contributed by atoms with Crippen molar-refractivity contribution in [2.45, 2.75) is 0 Å². The van der Waals surface area contributed by atoms with Gasteiger partial charge in [0.15, 0.2) is 17.5 Å². The van der Waals surface area contributed by atoms with Gasteiger partial charge in [-0.3, -0.25) is 0 Å². The molecule has 9 rings (SSSR count). The zero-order valence-electron chi connectivity index (χ0n) is 31.2. The van der Waals surface area contributed by atoms with E-state index < -0.39 is 6.04 Å². The second-order valence-corrected chi connectivity index (χ2v) is 11.7. The molecule has 0 N–H and O–H groups in total. The summed E-state index contributed by atoms with van der Waals surface area (Å²) in [6, 6.07) is 48.2. The van der Waals surface area contributed by atoms with E-state index in [1.165, 1.54) is 0 Å². The topological polar surface area (TPSA) is 43.6 Å². The molecule has 4 heteroatoms. The molecule has 0 amide bonds. The molecular weight excluding hydrogens is 597 g/mol. The second kappa shape index (κ2) is 12.2. The zero-order chi connectivity index (χ0) is 36.9. The average Bonchev–Trinajstić information content (AvgIpc) is 3.57. The van der Waals surface area contributed by atoms with E-state index in [4.69, 9.17) is 21.8 Å². The maximum Gasteiger partial charge on any atom is 0.166 e. The smallest absolute Gasteiger partial charge is 0.166 e. The van der Waals surface area contributed by atoms with Crippen LogP contribution in [0.15, 0.2) is 182 Å². The second-order valence-electron chi connectivity index (χ2n) is 11.7. The van der Waals surface area contributed by atoms with E-state index in [1.807, 2.05) is 97.1 Å². The van der Waals surface area contributed by atoms with Crippen LogP contribution < -0.4 is 0 Å². The lowest BCUT2D eigenvalue weighted by molar-refractivity contribution is 1.06. The normalized spacial score (nSPS) is 12.7. The molecule has 4 nitrogen and oxygen atoms in total. The summed E-state index contributed by atoms with van der Waals surface area (Å²) in [6.45, 7) is 0. The molecule has 49 heavy (non-hydrogen) atoms. The van der Waals surface area contributed by atoms with Crippen molar-refractivity contribution >= 4 is 21.8 Å². The summed E-state index contributed by atoms with van der Waals surface area (Å²) in [5.74, 6) is 1.43. The van der Waals surface area contributed by atoms with Gasteiger partial charge in [0.2, 0.25) is 0 Å². The molecule has 0 aliphatic heterocycles. The highest BCUT2D eigenvalue weighted by Crippen LogP contribution is 2.38. The summed E-state index contributed by atoms with van der Waals surface area (Å²) in [5, 5.41) is 2.09. The number of hydrogen-bond acceptors (Lipinski definition) is 3. The van der Waals surface area contributed by atoms with Crippen LogP contribution in [0.25, 0.3) is 83.9 Å². The van der Waals surface area contributed by atoms with E-state index in [0.29, 0.717) is 34.3 Å². The lowest BCUT2D eigenvalue weighted by Gasteiger charge is -2.16. The van der Waals surface area contributed by atoms with Gasteiger partial charge in [-0.2, -0.15) is 0 Å². The summed E-state index contributed by atoms with van der Waals surface area (Å²) >= 11 is 0. The summed E-state index contributed by atoms with van der Waals surface area (Å²) in [6.07, 6.45) is 0. The third-order valence-electron chi connectivity index (χ3n) is 8.74. The number of nitrogens with zero attached hydrogens (tertiary/aromatic N) is 4. The molecule has 2 aromatic heterocycles. The quantitative estimate of drug-likeness (QED) is 0.183. The number of hydrogen-bond donors (Lipinski definition) is 0. The maximum atomic E-state index is 8.81. The first-order chi connectivity index (χ1) is 26.4. The predicted octanol–water partition coefficient (Wildman–Crippen LogP) is 11.3. The fourth-order valence-corrected chi connectivity index (χ4v) is 6.45. The minimum absolute atomic E-state index is 0.119. The monoisotopic (exact) mass is 631 g/mol. The van der Waals surface area contributed by atoms with Crippen molar-refractivity contribution in [3.63, 3.8) is 0 Å². The predicted molar refractivity (Wildman–Crippen MR) is 201 cm³/mol. The van der Waals surface area contributed by atoms with Crippen LogP contribution in [0.5, 0.6) is 0 Å². The Labute approximate surface area is 291 Å². The zero-order valence-corrected chi connectivity index (χ0v) is 26.2. The highest BCUT2D eigenvalue weighted by atomic mass is 15.1. The molecule has 0 saturated carbocycles. The Balaban J connectivity index is 1.35. The fraction of sp³-hybridized carbons (Fsp3) is 0. The SMILES string of the molecule is [2H]c1c([2H])c([2H])c(-c2ccc(-c3nc(-c4ccccc4)nc(-c4cccc(-c5ccccc5)c4)n3)c(-n3c4ccccc4c4ccccc43)c2)c([2H])c1[2H]. The molecule has 0 saturated heterocycles. The van der Waals surface area contributed by atoms with Crippen molar-refractivity contribution in [2.24, 2.45) is 0 Å². The maximum absolute atomic E-state index is 8.81. The van der Waals surface area contributed by atoms with Crippen molar-refractivity contribution < 1.29 is 6.85 Å². The first-order valence-corrected chi connectivity index (χ1v) is 16.0. The van der Waals surface area contributed by atoms with Gasteiger partial charge in [-0.05, 0) is 52.6 Å². The van der Waals surface area contributed by atoms with E-state index in [2.05, 4.69) is 53.1 Å². The third-order valence-corrected chi connectivity index (χ3v) is 8.74. The van der Waals surface area contributed by atoms with Crippen molar-refractivity contribution in [3.05, 3.63) is 182 Å². The van der Waals surface area contributed by atoms with E-state index >= 15 is 0 Å². The molecule has 0 bridgehead atoms. The molecule has 9 aromatic rings. The number of benzene rings is 7. The lowest BCUT2D eigenvalue weighted by Crippen LogP contribution is -2.04. The van der Waals surface area contributed by atoms with E-state index in [-0.39, 0.29) is 29.7 Å². The Kier molecular flexibility index (Phi) is 5.87. The molecule has 0 aliphatic carbocycles. The number of para-hydroxylation sites is 2. The van der Waals surface area contributed by atoms with Gasteiger partial charge in [-0.15, -0.1) is 0 Å². The Morgan fingerprint density at radius 2 is 0.918 bits per heavy atom. The summed E-state index contributed by atoms with van der Waals surface area (Å²) < 4.78 is 44.8. The number of aromatic nitrogens is 4. The van der Waals surface area contributed by atoms with Gasteiger partial charge in [0.05, 0.1) is 23.6 Å². The van der Waals surface area contributed by atoms with Gasteiger partial charge in [0.25, 0.3) is 0 Å². The van der Waals surface area contributed by atoms with Gasteiger partial charge >= 0.3 is 0 Å². The van der Waals surface area contributed by atoms with E-state index in [0.717, 1.165) is 44.1 Å². The minimum atomic E-state index is -0.435. The van der Waals surface area contributed by atoms with Crippen LogP contribution in [0.2, 0.25) is 0 Å². The van der Waals surface area contributed by atoms with Crippen LogP contribution in [-0.2, 0) is 0 Å². The van der Waals surface area contributed by atoms with E-state index in [1.54, 1.807) is 6.07 Å². The van der Waals surface area contributed by atoms with E-state index in [9.17, 15) is 0 Å².